The maximum Gasteiger partial charge on any atom is 0.137 e. The number of hydrogen-bond acceptors (Lipinski definition) is 3. The molecule has 0 bridgehead atoms. The molecule has 0 spiro atoms. The molecule has 5 rings (SSSR count). The third-order valence-corrected chi connectivity index (χ3v) is 6.02. The highest BCUT2D eigenvalue weighted by Gasteiger charge is 2.39. The number of likely N-dealkylation sites (N-methyl/N-ethyl adjacent to an activating group) is 1. The summed E-state index contributed by atoms with van der Waals surface area (Å²) >= 11 is 0. The Labute approximate surface area is 152 Å². The first kappa shape index (κ1) is 16.0. The molecule has 26 heavy (non-hydrogen) atoms. The molecule has 2 aliphatic rings. The zero-order chi connectivity index (χ0) is 17.7. The number of nitrogens with zero attached hydrogens (tertiary/aromatic N) is 4. The minimum Gasteiger partial charge on any atom is -0.302 e. The summed E-state index contributed by atoms with van der Waals surface area (Å²) in [6, 6.07) is 13.4. The number of pyridine rings is 1. The van der Waals surface area contributed by atoms with Crippen molar-refractivity contribution < 1.29 is 4.39 Å². The van der Waals surface area contributed by atoms with E-state index in [-0.39, 0.29) is 5.82 Å². The van der Waals surface area contributed by atoms with Crippen LogP contribution in [0.1, 0.15) is 12.1 Å². The van der Waals surface area contributed by atoms with E-state index in [4.69, 9.17) is 4.98 Å². The zero-order valence-corrected chi connectivity index (χ0v) is 15.0. The molecule has 0 amide bonds. The third-order valence-electron chi connectivity index (χ3n) is 6.02. The fraction of sp³-hybridized carbons (Fsp3) is 0.381. The van der Waals surface area contributed by atoms with Crippen LogP contribution in [0.15, 0.2) is 48.7 Å². The number of likely N-dealkylation sites (tertiary alicyclic amines) is 2. The topological polar surface area (TPSA) is 23.8 Å². The molecule has 2 saturated heterocycles. The van der Waals surface area contributed by atoms with Crippen LogP contribution in [-0.4, -0.2) is 51.9 Å². The Balaban J connectivity index is 1.52. The molecule has 2 fully saturated rings. The standard InChI is InChI=1S/C21H23FN4/c1-24-11-9-16-12-25(13-18(16)24)14-19-21(15-5-7-17(22)8-6-15)23-20-4-2-3-10-26(19)20/h2-8,10,16,18H,9,11-14H2,1H3/t16-,18+/m0/s1. The molecule has 3 aromatic rings. The second-order valence-electron chi connectivity index (χ2n) is 7.63. The van der Waals surface area contributed by atoms with Gasteiger partial charge in [-0.25, -0.2) is 9.37 Å². The lowest BCUT2D eigenvalue weighted by Gasteiger charge is -2.21. The predicted octanol–water partition coefficient (Wildman–Crippen LogP) is 3.28. The van der Waals surface area contributed by atoms with Gasteiger partial charge in [-0.2, -0.15) is 0 Å². The van der Waals surface area contributed by atoms with E-state index in [1.165, 1.54) is 30.8 Å². The van der Waals surface area contributed by atoms with Gasteiger partial charge in [0.05, 0.1) is 11.4 Å². The SMILES string of the molecule is CN1CC[C@H]2CN(Cc3c(-c4ccc(F)cc4)nc4ccccn34)C[C@H]21. The van der Waals surface area contributed by atoms with Gasteiger partial charge in [-0.05, 0) is 62.3 Å². The van der Waals surface area contributed by atoms with Crippen molar-refractivity contribution in [2.75, 3.05) is 26.7 Å². The summed E-state index contributed by atoms with van der Waals surface area (Å²) in [7, 11) is 2.24. The van der Waals surface area contributed by atoms with Crippen molar-refractivity contribution in [3.8, 4) is 11.3 Å². The van der Waals surface area contributed by atoms with Crippen molar-refractivity contribution in [3.05, 3.63) is 60.2 Å². The van der Waals surface area contributed by atoms with Gasteiger partial charge in [0.2, 0.25) is 0 Å². The van der Waals surface area contributed by atoms with Gasteiger partial charge in [0.1, 0.15) is 11.5 Å². The van der Waals surface area contributed by atoms with Crippen LogP contribution in [0.25, 0.3) is 16.9 Å². The molecule has 0 N–H and O–H groups in total. The van der Waals surface area contributed by atoms with E-state index >= 15 is 0 Å². The van der Waals surface area contributed by atoms with E-state index in [9.17, 15) is 4.39 Å². The van der Waals surface area contributed by atoms with Gasteiger partial charge >= 0.3 is 0 Å². The highest BCUT2D eigenvalue weighted by Crippen LogP contribution is 2.33. The van der Waals surface area contributed by atoms with Gasteiger partial charge < -0.3 is 9.30 Å². The molecule has 0 saturated carbocycles. The van der Waals surface area contributed by atoms with Gasteiger partial charge in [-0.3, -0.25) is 4.90 Å². The van der Waals surface area contributed by atoms with Crippen LogP contribution >= 0.6 is 0 Å². The van der Waals surface area contributed by atoms with Crippen LogP contribution in [0, 0.1) is 11.7 Å². The molecule has 0 aliphatic carbocycles. The van der Waals surface area contributed by atoms with Gasteiger partial charge in [-0.1, -0.05) is 6.07 Å². The summed E-state index contributed by atoms with van der Waals surface area (Å²) in [5.41, 5.74) is 4.07. The van der Waals surface area contributed by atoms with Gasteiger partial charge in [0.15, 0.2) is 0 Å². The van der Waals surface area contributed by atoms with Crippen LogP contribution < -0.4 is 0 Å². The molecule has 2 atom stereocenters. The van der Waals surface area contributed by atoms with Crippen LogP contribution in [0.2, 0.25) is 0 Å². The zero-order valence-electron chi connectivity index (χ0n) is 15.0. The van der Waals surface area contributed by atoms with E-state index < -0.39 is 0 Å². The molecule has 134 valence electrons. The molecule has 5 heteroatoms. The van der Waals surface area contributed by atoms with E-state index in [2.05, 4.69) is 27.4 Å². The maximum atomic E-state index is 13.4. The number of hydrogen-bond donors (Lipinski definition) is 0. The molecular weight excluding hydrogens is 327 g/mol. The summed E-state index contributed by atoms with van der Waals surface area (Å²) in [4.78, 5) is 9.90. The fourth-order valence-corrected chi connectivity index (χ4v) is 4.64. The lowest BCUT2D eigenvalue weighted by Crippen LogP contribution is -2.32. The Morgan fingerprint density at radius 1 is 1.12 bits per heavy atom. The predicted molar refractivity (Wildman–Crippen MR) is 100 cm³/mol. The Morgan fingerprint density at radius 3 is 2.77 bits per heavy atom. The smallest absolute Gasteiger partial charge is 0.137 e. The molecule has 0 unspecified atom stereocenters. The third kappa shape index (κ3) is 2.63. The van der Waals surface area contributed by atoms with E-state index in [0.29, 0.717) is 6.04 Å². The first-order valence-electron chi connectivity index (χ1n) is 9.33. The minimum absolute atomic E-state index is 0.213. The van der Waals surface area contributed by atoms with E-state index in [0.717, 1.165) is 42.5 Å². The Hall–Kier alpha value is -2.24. The second-order valence-corrected chi connectivity index (χ2v) is 7.63. The average Bonchev–Trinajstić information content (AvgIpc) is 3.31. The number of rotatable bonds is 3. The molecular formula is C21H23FN4. The van der Waals surface area contributed by atoms with Gasteiger partial charge in [0, 0.05) is 37.4 Å². The number of halogens is 1. The Kier molecular flexibility index (Phi) is 3.80. The quantitative estimate of drug-likeness (QED) is 0.724. The largest absolute Gasteiger partial charge is 0.302 e. The molecule has 4 nitrogen and oxygen atoms in total. The van der Waals surface area contributed by atoms with Gasteiger partial charge in [0.25, 0.3) is 0 Å². The molecule has 1 aromatic carbocycles. The molecule has 0 radical (unpaired) electrons. The highest BCUT2D eigenvalue weighted by molar-refractivity contribution is 5.66. The Morgan fingerprint density at radius 2 is 1.96 bits per heavy atom. The molecule has 2 aromatic heterocycles. The normalized spacial score (nSPS) is 23.8. The van der Waals surface area contributed by atoms with Crippen molar-refractivity contribution in [3.63, 3.8) is 0 Å². The first-order valence-corrected chi connectivity index (χ1v) is 9.33. The summed E-state index contributed by atoms with van der Waals surface area (Å²) in [5, 5.41) is 0. The van der Waals surface area contributed by atoms with Crippen molar-refractivity contribution in [2.45, 2.75) is 19.0 Å². The van der Waals surface area contributed by atoms with Crippen molar-refractivity contribution in [1.82, 2.24) is 19.2 Å². The Bertz CT molecular complexity index is 933. The van der Waals surface area contributed by atoms with Crippen LogP contribution in [-0.2, 0) is 6.54 Å². The lowest BCUT2D eigenvalue weighted by atomic mass is 10.1. The van der Waals surface area contributed by atoms with Crippen molar-refractivity contribution >= 4 is 5.65 Å². The van der Waals surface area contributed by atoms with Crippen molar-refractivity contribution in [2.24, 2.45) is 5.92 Å². The van der Waals surface area contributed by atoms with Gasteiger partial charge in [-0.15, -0.1) is 0 Å². The fourth-order valence-electron chi connectivity index (χ4n) is 4.64. The van der Waals surface area contributed by atoms with E-state index in [1.54, 1.807) is 0 Å². The number of fused-ring (bicyclic) bond motifs is 2. The summed E-state index contributed by atoms with van der Waals surface area (Å²) in [6.07, 6.45) is 3.38. The van der Waals surface area contributed by atoms with Crippen molar-refractivity contribution in [1.29, 1.82) is 0 Å². The minimum atomic E-state index is -0.213. The highest BCUT2D eigenvalue weighted by atomic mass is 19.1. The monoisotopic (exact) mass is 350 g/mol. The van der Waals surface area contributed by atoms with Crippen LogP contribution in [0.4, 0.5) is 4.39 Å². The summed E-state index contributed by atoms with van der Waals surface area (Å²) < 4.78 is 15.5. The number of benzene rings is 1. The lowest BCUT2D eigenvalue weighted by molar-refractivity contribution is 0.253. The van der Waals surface area contributed by atoms with E-state index in [1.807, 2.05) is 30.3 Å². The van der Waals surface area contributed by atoms with Crippen LogP contribution in [0.5, 0.6) is 0 Å². The summed E-state index contributed by atoms with van der Waals surface area (Å²) in [6.45, 7) is 4.36. The number of imidazole rings is 1. The molecule has 4 heterocycles. The maximum absolute atomic E-state index is 13.4. The average molecular weight is 350 g/mol. The number of aromatic nitrogens is 2. The summed E-state index contributed by atoms with van der Waals surface area (Å²) in [5.74, 6) is 0.572. The van der Waals surface area contributed by atoms with Crippen LogP contribution in [0.3, 0.4) is 0 Å². The first-order chi connectivity index (χ1) is 12.7. The second kappa shape index (κ2) is 6.18. The molecule has 2 aliphatic heterocycles.